The number of aryl methyl sites for hydroxylation is 2. The van der Waals surface area contributed by atoms with E-state index in [9.17, 15) is 9.59 Å². The summed E-state index contributed by atoms with van der Waals surface area (Å²) < 4.78 is 2.14. The molecule has 0 radical (unpaired) electrons. The Hall–Kier alpha value is -2.89. The number of hydrogen-bond donors (Lipinski definition) is 1. The van der Waals surface area contributed by atoms with Crippen molar-refractivity contribution in [2.45, 2.75) is 40.0 Å². The van der Waals surface area contributed by atoms with Crippen molar-refractivity contribution in [3.63, 3.8) is 0 Å². The van der Waals surface area contributed by atoms with Crippen molar-refractivity contribution in [3.05, 3.63) is 52.8 Å². The Morgan fingerprint density at radius 2 is 1.70 bits per heavy atom. The van der Waals surface area contributed by atoms with E-state index in [1.807, 2.05) is 19.9 Å². The third-order valence-corrected chi connectivity index (χ3v) is 4.97. The number of nitrogens with zero attached hydrogens (tertiary/aromatic N) is 3. The van der Waals surface area contributed by atoms with Gasteiger partial charge in [0.15, 0.2) is 0 Å². The molecule has 142 valence electrons. The molecule has 6 nitrogen and oxygen atoms in total. The molecule has 0 aliphatic carbocycles. The van der Waals surface area contributed by atoms with E-state index in [1.165, 1.54) is 5.56 Å². The van der Waals surface area contributed by atoms with Gasteiger partial charge in [0.05, 0.1) is 6.21 Å². The maximum absolute atomic E-state index is 12.1. The van der Waals surface area contributed by atoms with Gasteiger partial charge in [0.25, 0.3) is 0 Å². The first-order valence-electron chi connectivity index (χ1n) is 9.35. The van der Waals surface area contributed by atoms with E-state index >= 15 is 0 Å². The van der Waals surface area contributed by atoms with Crippen LogP contribution in [0.2, 0.25) is 0 Å². The minimum atomic E-state index is -0.680. The van der Waals surface area contributed by atoms with Gasteiger partial charge in [-0.3, -0.25) is 9.59 Å². The molecule has 1 aromatic carbocycles. The number of benzene rings is 1. The lowest BCUT2D eigenvalue weighted by atomic mass is 10.1. The Labute approximate surface area is 159 Å². The number of hydrogen-bond acceptors (Lipinski definition) is 3. The number of hydrazone groups is 1. The van der Waals surface area contributed by atoms with Crippen molar-refractivity contribution in [3.8, 4) is 5.69 Å². The predicted octanol–water partition coefficient (Wildman–Crippen LogP) is 2.87. The van der Waals surface area contributed by atoms with Crippen LogP contribution in [0.1, 0.15) is 41.8 Å². The highest BCUT2D eigenvalue weighted by Crippen LogP contribution is 2.20. The topological polar surface area (TPSA) is 66.7 Å². The maximum atomic E-state index is 12.1. The molecule has 1 aliphatic rings. The van der Waals surface area contributed by atoms with Gasteiger partial charge in [-0.05, 0) is 58.2 Å². The second-order valence-corrected chi connectivity index (χ2v) is 7.05. The minimum Gasteiger partial charge on any atom is -0.334 e. The fraction of sp³-hybridized carbons (Fsp3) is 0.381. The number of piperidine rings is 1. The van der Waals surface area contributed by atoms with Gasteiger partial charge in [0.1, 0.15) is 0 Å². The van der Waals surface area contributed by atoms with Crippen molar-refractivity contribution in [1.29, 1.82) is 0 Å². The zero-order valence-corrected chi connectivity index (χ0v) is 16.2. The second kappa shape index (κ2) is 8.20. The molecule has 1 N–H and O–H groups in total. The molecule has 1 fully saturated rings. The number of nitrogens with one attached hydrogen (secondary N) is 1. The third kappa shape index (κ3) is 4.27. The van der Waals surface area contributed by atoms with Gasteiger partial charge in [-0.15, -0.1) is 0 Å². The van der Waals surface area contributed by atoms with Gasteiger partial charge in [-0.1, -0.05) is 17.7 Å². The first-order valence-corrected chi connectivity index (χ1v) is 9.35. The summed E-state index contributed by atoms with van der Waals surface area (Å²) in [4.78, 5) is 25.7. The van der Waals surface area contributed by atoms with Crippen LogP contribution in [0.3, 0.4) is 0 Å². The van der Waals surface area contributed by atoms with E-state index in [2.05, 4.69) is 46.3 Å². The highest BCUT2D eigenvalue weighted by molar-refractivity contribution is 6.35. The molecule has 6 heteroatoms. The van der Waals surface area contributed by atoms with Crippen LogP contribution < -0.4 is 5.43 Å². The molecule has 2 heterocycles. The van der Waals surface area contributed by atoms with Gasteiger partial charge >= 0.3 is 11.8 Å². The lowest BCUT2D eigenvalue weighted by Gasteiger charge is -2.25. The summed E-state index contributed by atoms with van der Waals surface area (Å²) in [7, 11) is 0. The minimum absolute atomic E-state index is 0.503. The first-order chi connectivity index (χ1) is 13.0. The number of likely N-dealkylation sites (tertiary alicyclic amines) is 1. The molecule has 0 bridgehead atoms. The van der Waals surface area contributed by atoms with Crippen molar-refractivity contribution >= 4 is 18.0 Å². The molecule has 0 saturated carbocycles. The lowest BCUT2D eigenvalue weighted by molar-refractivity contribution is -0.146. The molecule has 0 unspecified atom stereocenters. The molecule has 0 spiro atoms. The highest BCUT2D eigenvalue weighted by Gasteiger charge is 2.22. The summed E-state index contributed by atoms with van der Waals surface area (Å²) >= 11 is 0. The highest BCUT2D eigenvalue weighted by atomic mass is 16.2. The van der Waals surface area contributed by atoms with Crippen molar-refractivity contribution in [2.24, 2.45) is 5.10 Å². The molecular weight excluding hydrogens is 340 g/mol. The lowest BCUT2D eigenvalue weighted by Crippen LogP contribution is -2.43. The molecule has 2 aromatic rings. The average Bonchev–Trinajstić information content (AvgIpc) is 2.96. The normalized spacial score (nSPS) is 14.6. The van der Waals surface area contributed by atoms with Crippen LogP contribution in [0.15, 0.2) is 35.4 Å². The monoisotopic (exact) mass is 366 g/mol. The fourth-order valence-corrected chi connectivity index (χ4v) is 3.46. The zero-order valence-electron chi connectivity index (χ0n) is 16.2. The van der Waals surface area contributed by atoms with Gasteiger partial charge in [0.2, 0.25) is 0 Å². The van der Waals surface area contributed by atoms with E-state index < -0.39 is 11.8 Å². The summed E-state index contributed by atoms with van der Waals surface area (Å²) in [6.07, 6.45) is 4.61. The number of carbonyl (C=O) groups excluding carboxylic acids is 2. The third-order valence-electron chi connectivity index (χ3n) is 4.97. The molecule has 1 aromatic heterocycles. The van der Waals surface area contributed by atoms with Gasteiger partial charge in [-0.2, -0.15) is 5.10 Å². The van der Waals surface area contributed by atoms with Crippen LogP contribution >= 0.6 is 0 Å². The van der Waals surface area contributed by atoms with Crippen molar-refractivity contribution in [1.82, 2.24) is 14.9 Å². The van der Waals surface area contributed by atoms with E-state index in [1.54, 1.807) is 11.1 Å². The van der Waals surface area contributed by atoms with Crippen LogP contribution in [0, 0.1) is 20.8 Å². The van der Waals surface area contributed by atoms with Crippen LogP contribution in [0.5, 0.6) is 0 Å². The molecule has 0 atom stereocenters. The van der Waals surface area contributed by atoms with E-state index in [0.29, 0.717) is 13.1 Å². The Kier molecular flexibility index (Phi) is 5.74. The van der Waals surface area contributed by atoms with Crippen molar-refractivity contribution in [2.75, 3.05) is 13.1 Å². The molecule has 2 amide bonds. The van der Waals surface area contributed by atoms with Crippen LogP contribution in [0.25, 0.3) is 5.69 Å². The number of carbonyl (C=O) groups is 2. The maximum Gasteiger partial charge on any atom is 0.329 e. The predicted molar refractivity (Wildman–Crippen MR) is 106 cm³/mol. The quantitative estimate of drug-likeness (QED) is 0.516. The van der Waals surface area contributed by atoms with Crippen LogP contribution in [0.4, 0.5) is 0 Å². The molecule has 27 heavy (non-hydrogen) atoms. The van der Waals surface area contributed by atoms with Crippen LogP contribution in [-0.2, 0) is 9.59 Å². The Morgan fingerprint density at radius 1 is 1.04 bits per heavy atom. The molecule has 3 rings (SSSR count). The van der Waals surface area contributed by atoms with Gasteiger partial charge < -0.3 is 9.47 Å². The van der Waals surface area contributed by atoms with Gasteiger partial charge in [0, 0.05) is 35.7 Å². The van der Waals surface area contributed by atoms with E-state index in [4.69, 9.17) is 0 Å². The Balaban J connectivity index is 1.68. The molecule has 1 saturated heterocycles. The Morgan fingerprint density at radius 3 is 2.37 bits per heavy atom. The first kappa shape index (κ1) is 18.9. The SMILES string of the molecule is Cc1ccc(-n2c(C)cc(/C=N/NC(=O)C(=O)N3CCCCC3)c2C)cc1. The second-order valence-electron chi connectivity index (χ2n) is 7.05. The zero-order chi connectivity index (χ0) is 19.4. The Bertz CT molecular complexity index is 859. The van der Waals surface area contributed by atoms with Crippen LogP contribution in [-0.4, -0.2) is 40.6 Å². The van der Waals surface area contributed by atoms with E-state index in [0.717, 1.165) is 41.9 Å². The van der Waals surface area contributed by atoms with E-state index in [-0.39, 0.29) is 0 Å². The average molecular weight is 366 g/mol. The van der Waals surface area contributed by atoms with Gasteiger partial charge in [-0.25, -0.2) is 5.43 Å². The smallest absolute Gasteiger partial charge is 0.329 e. The number of rotatable bonds is 3. The van der Waals surface area contributed by atoms with Crippen molar-refractivity contribution < 1.29 is 9.59 Å². The fourth-order valence-electron chi connectivity index (χ4n) is 3.46. The summed E-state index contributed by atoms with van der Waals surface area (Å²) in [6.45, 7) is 7.39. The molecular formula is C21H26N4O2. The molecule has 1 aliphatic heterocycles. The number of amides is 2. The summed E-state index contributed by atoms with van der Waals surface area (Å²) in [5, 5.41) is 4.00. The number of aromatic nitrogens is 1. The largest absolute Gasteiger partial charge is 0.334 e. The standard InChI is InChI=1S/C21H26N4O2/c1-15-7-9-19(10-8-15)25-16(2)13-18(17(25)3)14-22-23-20(26)21(27)24-11-5-4-6-12-24/h7-10,13-14H,4-6,11-12H2,1-3H3,(H,23,26)/b22-14+. The summed E-state index contributed by atoms with van der Waals surface area (Å²) in [6, 6.07) is 10.3. The summed E-state index contributed by atoms with van der Waals surface area (Å²) in [5.41, 5.74) is 7.66. The summed E-state index contributed by atoms with van der Waals surface area (Å²) in [5.74, 6) is -1.18.